The van der Waals surface area contributed by atoms with Gasteiger partial charge in [-0.05, 0) is 27.2 Å². The summed E-state index contributed by atoms with van der Waals surface area (Å²) in [6.45, 7) is 4.89. The molecule has 2 N–H and O–H groups in total. The van der Waals surface area contributed by atoms with Crippen molar-refractivity contribution in [3.63, 3.8) is 0 Å². The Kier molecular flexibility index (Phi) is 5.45. The Bertz CT molecular complexity index is 179. The minimum Gasteiger partial charge on any atom is -0.444 e. The molecule has 0 bridgehead atoms. The van der Waals surface area contributed by atoms with E-state index in [9.17, 15) is 9.18 Å². The Balaban J connectivity index is 3.55. The molecular formula is C9H18FNO3. The quantitative estimate of drug-likeness (QED) is 0.729. The zero-order valence-corrected chi connectivity index (χ0v) is 8.84. The number of alkyl halides is 1. The molecule has 0 radical (unpaired) electrons. The van der Waals surface area contributed by atoms with Gasteiger partial charge in [-0.3, -0.25) is 0 Å². The summed E-state index contributed by atoms with van der Waals surface area (Å²) < 4.78 is 17.4. The average molecular weight is 207 g/mol. The molecule has 1 unspecified atom stereocenters. The monoisotopic (exact) mass is 207 g/mol. The first-order valence-electron chi connectivity index (χ1n) is 4.57. The van der Waals surface area contributed by atoms with Gasteiger partial charge in [0.2, 0.25) is 0 Å². The van der Waals surface area contributed by atoms with E-state index in [-0.39, 0.29) is 13.0 Å². The van der Waals surface area contributed by atoms with Crippen LogP contribution in [0.15, 0.2) is 0 Å². The number of ether oxygens (including phenoxy) is 1. The molecule has 0 aliphatic carbocycles. The van der Waals surface area contributed by atoms with Crippen molar-refractivity contribution in [3.8, 4) is 0 Å². The summed E-state index contributed by atoms with van der Waals surface area (Å²) in [7, 11) is 0. The van der Waals surface area contributed by atoms with Crippen molar-refractivity contribution < 1.29 is 19.0 Å². The molecule has 0 aromatic heterocycles. The van der Waals surface area contributed by atoms with E-state index >= 15 is 0 Å². The minimum absolute atomic E-state index is 0.0930. The van der Waals surface area contributed by atoms with Crippen molar-refractivity contribution in [2.75, 3.05) is 13.2 Å². The molecule has 0 spiro atoms. The van der Waals surface area contributed by atoms with Gasteiger partial charge >= 0.3 is 6.09 Å². The number of carbonyl (C=O) groups excluding carboxylic acids is 1. The van der Waals surface area contributed by atoms with E-state index in [2.05, 4.69) is 5.32 Å². The zero-order valence-electron chi connectivity index (χ0n) is 8.84. The Morgan fingerprint density at radius 2 is 2.14 bits per heavy atom. The summed E-state index contributed by atoms with van der Waals surface area (Å²) in [4.78, 5) is 11.0. The van der Waals surface area contributed by atoms with E-state index < -0.39 is 24.5 Å². The maximum atomic E-state index is 12.5. The van der Waals surface area contributed by atoms with Crippen molar-refractivity contribution in [2.24, 2.45) is 0 Å². The van der Waals surface area contributed by atoms with Crippen molar-refractivity contribution >= 4 is 6.09 Å². The van der Waals surface area contributed by atoms with Crippen molar-refractivity contribution in [3.05, 3.63) is 0 Å². The second kappa shape index (κ2) is 5.80. The van der Waals surface area contributed by atoms with Gasteiger partial charge in [0.15, 0.2) is 0 Å². The molecule has 0 rings (SSSR count). The van der Waals surface area contributed by atoms with Crippen LogP contribution < -0.4 is 5.32 Å². The number of rotatable bonds is 4. The van der Waals surface area contributed by atoms with Crippen molar-refractivity contribution in [1.82, 2.24) is 5.32 Å². The van der Waals surface area contributed by atoms with Gasteiger partial charge in [0.25, 0.3) is 0 Å². The van der Waals surface area contributed by atoms with Crippen molar-refractivity contribution in [2.45, 2.75) is 39.0 Å². The van der Waals surface area contributed by atoms with Crippen LogP contribution in [0.25, 0.3) is 0 Å². The zero-order chi connectivity index (χ0) is 11.2. The summed E-state index contributed by atoms with van der Waals surface area (Å²) in [5.41, 5.74) is -0.545. The predicted molar refractivity (Wildman–Crippen MR) is 50.8 cm³/mol. The van der Waals surface area contributed by atoms with E-state index in [1.54, 1.807) is 20.8 Å². The van der Waals surface area contributed by atoms with Crippen LogP contribution in [0, 0.1) is 0 Å². The molecule has 0 saturated carbocycles. The highest BCUT2D eigenvalue weighted by molar-refractivity contribution is 5.67. The molecule has 14 heavy (non-hydrogen) atoms. The summed E-state index contributed by atoms with van der Waals surface area (Å²) in [5, 5.41) is 10.8. The number of aliphatic hydroxyl groups excluding tert-OH is 1. The highest BCUT2D eigenvalue weighted by Crippen LogP contribution is 2.06. The number of alkyl carbamates (subject to hydrolysis) is 1. The maximum Gasteiger partial charge on any atom is 0.407 e. The molecular weight excluding hydrogens is 189 g/mol. The Morgan fingerprint density at radius 1 is 1.57 bits per heavy atom. The molecule has 0 aliphatic rings. The lowest BCUT2D eigenvalue weighted by Gasteiger charge is -2.19. The van der Waals surface area contributed by atoms with Crippen LogP contribution in [0.1, 0.15) is 27.2 Å². The van der Waals surface area contributed by atoms with Crippen LogP contribution in [0.2, 0.25) is 0 Å². The van der Waals surface area contributed by atoms with Crippen LogP contribution in [0.4, 0.5) is 9.18 Å². The molecule has 84 valence electrons. The molecule has 5 heteroatoms. The van der Waals surface area contributed by atoms with Crippen LogP contribution in [-0.2, 0) is 4.74 Å². The van der Waals surface area contributed by atoms with E-state index in [4.69, 9.17) is 9.84 Å². The van der Waals surface area contributed by atoms with Crippen LogP contribution >= 0.6 is 0 Å². The fraction of sp³-hybridized carbons (Fsp3) is 0.889. The number of aliphatic hydroxyl groups is 1. The number of hydrogen-bond donors (Lipinski definition) is 2. The highest BCUT2D eigenvalue weighted by Gasteiger charge is 2.15. The second-order valence-electron chi connectivity index (χ2n) is 4.00. The van der Waals surface area contributed by atoms with E-state index in [1.165, 1.54) is 0 Å². The summed E-state index contributed by atoms with van der Waals surface area (Å²) >= 11 is 0. The molecule has 1 atom stereocenters. The lowest BCUT2D eigenvalue weighted by molar-refractivity contribution is 0.0520. The number of nitrogens with one attached hydrogen (secondary N) is 1. The van der Waals surface area contributed by atoms with Gasteiger partial charge in [0.1, 0.15) is 11.8 Å². The molecule has 0 aromatic rings. The molecule has 4 nitrogen and oxygen atoms in total. The Hall–Kier alpha value is -0.840. The van der Waals surface area contributed by atoms with Crippen LogP contribution in [-0.4, -0.2) is 36.1 Å². The Labute approximate surface area is 83.4 Å². The van der Waals surface area contributed by atoms with Gasteiger partial charge in [-0.2, -0.15) is 0 Å². The number of amides is 1. The fourth-order valence-electron chi connectivity index (χ4n) is 0.736. The predicted octanol–water partition coefficient (Wildman–Crippen LogP) is 1.23. The van der Waals surface area contributed by atoms with E-state index in [0.717, 1.165) is 0 Å². The molecule has 0 heterocycles. The third-order valence-corrected chi connectivity index (χ3v) is 1.32. The summed E-state index contributed by atoms with van der Waals surface area (Å²) in [5.74, 6) is 0. The first kappa shape index (κ1) is 13.2. The van der Waals surface area contributed by atoms with Gasteiger partial charge in [-0.1, -0.05) is 0 Å². The fourth-order valence-corrected chi connectivity index (χ4v) is 0.736. The third kappa shape index (κ3) is 7.79. The lowest BCUT2D eigenvalue weighted by atomic mass is 10.2. The largest absolute Gasteiger partial charge is 0.444 e. The average Bonchev–Trinajstić information content (AvgIpc) is 2.00. The molecule has 0 aromatic carbocycles. The summed E-state index contributed by atoms with van der Waals surface area (Å²) in [6.07, 6.45) is -1.76. The smallest absolute Gasteiger partial charge is 0.407 e. The maximum absolute atomic E-state index is 12.5. The first-order chi connectivity index (χ1) is 6.35. The highest BCUT2D eigenvalue weighted by atomic mass is 19.1. The van der Waals surface area contributed by atoms with Gasteiger partial charge in [0, 0.05) is 6.54 Å². The SMILES string of the molecule is CC(C)(C)OC(=O)NCCC(F)CO. The van der Waals surface area contributed by atoms with E-state index in [0.29, 0.717) is 0 Å². The van der Waals surface area contributed by atoms with Gasteiger partial charge in [0.05, 0.1) is 6.61 Å². The molecule has 0 aliphatic heterocycles. The standard InChI is InChI=1S/C9H18FNO3/c1-9(2,3)14-8(13)11-5-4-7(10)6-12/h7,12H,4-6H2,1-3H3,(H,11,13). The number of carbonyl (C=O) groups is 1. The van der Waals surface area contributed by atoms with Gasteiger partial charge in [-0.25, -0.2) is 9.18 Å². The third-order valence-electron chi connectivity index (χ3n) is 1.32. The summed E-state index contributed by atoms with van der Waals surface area (Å²) in [6, 6.07) is 0. The second-order valence-corrected chi connectivity index (χ2v) is 4.00. The van der Waals surface area contributed by atoms with Crippen LogP contribution in [0.3, 0.4) is 0 Å². The Morgan fingerprint density at radius 3 is 2.57 bits per heavy atom. The molecule has 0 fully saturated rings. The van der Waals surface area contributed by atoms with E-state index in [1.807, 2.05) is 0 Å². The molecule has 0 saturated heterocycles. The lowest BCUT2D eigenvalue weighted by Crippen LogP contribution is -2.33. The first-order valence-corrected chi connectivity index (χ1v) is 4.57. The van der Waals surface area contributed by atoms with Crippen molar-refractivity contribution in [1.29, 1.82) is 0 Å². The van der Waals surface area contributed by atoms with Crippen LogP contribution in [0.5, 0.6) is 0 Å². The number of halogens is 1. The van der Waals surface area contributed by atoms with Gasteiger partial charge < -0.3 is 15.2 Å². The van der Waals surface area contributed by atoms with Gasteiger partial charge in [-0.15, -0.1) is 0 Å². The molecule has 1 amide bonds. The topological polar surface area (TPSA) is 58.6 Å². The minimum atomic E-state index is -1.29. The normalized spacial score (nSPS) is 13.5. The number of hydrogen-bond acceptors (Lipinski definition) is 3.